The molecule has 2 N–H and O–H groups in total. The Bertz CT molecular complexity index is 1690. The molecule has 1 aliphatic carbocycles. The number of alkyl halides is 4. The van der Waals surface area contributed by atoms with Gasteiger partial charge in [0.2, 0.25) is 5.95 Å². The van der Waals surface area contributed by atoms with E-state index in [4.69, 9.17) is 0 Å². The summed E-state index contributed by atoms with van der Waals surface area (Å²) in [6.07, 6.45) is -2.74. The first-order chi connectivity index (χ1) is 18.9. The van der Waals surface area contributed by atoms with Crippen molar-refractivity contribution in [3.8, 4) is 5.82 Å². The number of fused-ring (bicyclic) bond motifs is 2. The van der Waals surface area contributed by atoms with E-state index in [1.54, 1.807) is 0 Å². The standard InChI is InChI=1S/C27H26F5N7O/c1-25(2)13-33-10-15-9-16(3-4-18(15)25)35-24-34-11-17-21(37-24)39(38(23(17)40)14-27(30,31)32)22-19(29)5-6-20(36-22)26(12-28)7-8-26/h3-6,9,11,33H,7-8,10,12-14H2,1-2H3,(H,34,35,37). The maximum Gasteiger partial charge on any atom is 0.408 e. The van der Waals surface area contributed by atoms with Gasteiger partial charge in [-0.15, -0.1) is 0 Å². The normalized spacial score (nSPS) is 17.6. The van der Waals surface area contributed by atoms with Crippen LogP contribution in [0.2, 0.25) is 0 Å². The van der Waals surface area contributed by atoms with E-state index in [2.05, 4.69) is 39.4 Å². The molecule has 1 saturated carbocycles. The summed E-state index contributed by atoms with van der Waals surface area (Å²) < 4.78 is 70.6. The van der Waals surface area contributed by atoms with Gasteiger partial charge >= 0.3 is 6.18 Å². The van der Waals surface area contributed by atoms with Crippen molar-refractivity contribution in [3.05, 3.63) is 69.5 Å². The molecule has 4 aromatic rings. The van der Waals surface area contributed by atoms with E-state index in [-0.39, 0.29) is 28.1 Å². The lowest BCUT2D eigenvalue weighted by atomic mass is 9.79. The number of nitrogens with zero attached hydrogens (tertiary/aromatic N) is 5. The molecule has 4 heterocycles. The topological polar surface area (TPSA) is 89.7 Å². The Labute approximate surface area is 225 Å². The molecule has 1 aromatic carbocycles. The summed E-state index contributed by atoms with van der Waals surface area (Å²) in [6.45, 7) is 3.31. The highest BCUT2D eigenvalue weighted by atomic mass is 19.4. The summed E-state index contributed by atoms with van der Waals surface area (Å²) >= 11 is 0. The van der Waals surface area contributed by atoms with Crippen LogP contribution < -0.4 is 16.2 Å². The number of benzene rings is 1. The largest absolute Gasteiger partial charge is 0.408 e. The van der Waals surface area contributed by atoms with Crippen LogP contribution in [0.1, 0.15) is 43.5 Å². The third-order valence-electron chi connectivity index (χ3n) is 7.66. The number of pyridine rings is 1. The fraction of sp³-hybridized carbons (Fsp3) is 0.407. The quantitative estimate of drug-likeness (QED) is 0.330. The van der Waals surface area contributed by atoms with Crippen LogP contribution in [0.4, 0.5) is 33.6 Å². The Balaban J connectivity index is 1.48. The molecule has 6 rings (SSSR count). The third-order valence-corrected chi connectivity index (χ3v) is 7.66. The number of hydrogen-bond acceptors (Lipinski definition) is 6. The minimum Gasteiger partial charge on any atom is -0.324 e. The van der Waals surface area contributed by atoms with E-state index in [1.165, 1.54) is 11.6 Å². The number of nitrogens with one attached hydrogen (secondary N) is 2. The van der Waals surface area contributed by atoms with Crippen molar-refractivity contribution < 1.29 is 22.0 Å². The van der Waals surface area contributed by atoms with E-state index in [1.807, 2.05) is 18.2 Å². The first-order valence-electron chi connectivity index (χ1n) is 12.8. The van der Waals surface area contributed by atoms with Crippen molar-refractivity contribution in [2.75, 3.05) is 18.5 Å². The number of rotatable bonds is 6. The van der Waals surface area contributed by atoms with Crippen LogP contribution in [0, 0.1) is 5.82 Å². The van der Waals surface area contributed by atoms with Crippen molar-refractivity contribution in [2.45, 2.75) is 56.8 Å². The Morgan fingerprint density at radius 2 is 1.90 bits per heavy atom. The zero-order valence-electron chi connectivity index (χ0n) is 21.7. The third kappa shape index (κ3) is 4.51. The average Bonchev–Trinajstić information content (AvgIpc) is 3.65. The maximum absolute atomic E-state index is 15.1. The lowest BCUT2D eigenvalue weighted by molar-refractivity contribution is -0.144. The molecule has 0 amide bonds. The lowest BCUT2D eigenvalue weighted by Crippen LogP contribution is -2.38. The van der Waals surface area contributed by atoms with Gasteiger partial charge in [0.05, 0.1) is 5.69 Å². The lowest BCUT2D eigenvalue weighted by Gasteiger charge is -2.33. The molecule has 0 spiro atoms. The second kappa shape index (κ2) is 9.08. The van der Waals surface area contributed by atoms with Crippen molar-refractivity contribution in [1.82, 2.24) is 29.6 Å². The van der Waals surface area contributed by atoms with Crippen LogP contribution in [-0.2, 0) is 23.9 Å². The molecule has 0 bridgehead atoms. The van der Waals surface area contributed by atoms with E-state index < -0.39 is 42.0 Å². The molecule has 2 aliphatic rings. The van der Waals surface area contributed by atoms with Gasteiger partial charge in [-0.25, -0.2) is 23.7 Å². The molecule has 0 atom stereocenters. The average molecular weight is 560 g/mol. The molecule has 0 unspecified atom stereocenters. The highest BCUT2D eigenvalue weighted by Crippen LogP contribution is 2.48. The Morgan fingerprint density at radius 3 is 2.60 bits per heavy atom. The summed E-state index contributed by atoms with van der Waals surface area (Å²) in [5.74, 6) is -1.56. The van der Waals surface area contributed by atoms with E-state index in [0.717, 1.165) is 24.4 Å². The van der Waals surface area contributed by atoms with Crippen molar-refractivity contribution in [1.29, 1.82) is 0 Å². The Hall–Kier alpha value is -3.87. The molecular formula is C27H26F5N7O. The number of hydrogen-bond donors (Lipinski definition) is 2. The van der Waals surface area contributed by atoms with Gasteiger partial charge in [-0.1, -0.05) is 19.9 Å². The number of halogens is 5. The van der Waals surface area contributed by atoms with Gasteiger partial charge in [-0.2, -0.15) is 18.2 Å². The summed E-state index contributed by atoms with van der Waals surface area (Å²) in [4.78, 5) is 25.8. The van der Waals surface area contributed by atoms with Crippen LogP contribution in [0.25, 0.3) is 16.9 Å². The summed E-state index contributed by atoms with van der Waals surface area (Å²) in [7, 11) is 0. The van der Waals surface area contributed by atoms with Gasteiger partial charge in [0.1, 0.15) is 18.6 Å². The van der Waals surface area contributed by atoms with Crippen LogP contribution in [0.3, 0.4) is 0 Å². The minimum atomic E-state index is -4.81. The van der Waals surface area contributed by atoms with Crippen LogP contribution in [0.5, 0.6) is 0 Å². The summed E-state index contributed by atoms with van der Waals surface area (Å²) in [5.41, 5.74) is 0.808. The van der Waals surface area contributed by atoms with Crippen LogP contribution in [-0.4, -0.2) is 43.7 Å². The molecule has 1 fully saturated rings. The molecule has 40 heavy (non-hydrogen) atoms. The van der Waals surface area contributed by atoms with Crippen molar-refractivity contribution in [3.63, 3.8) is 0 Å². The van der Waals surface area contributed by atoms with Gasteiger partial charge in [0, 0.05) is 35.8 Å². The highest BCUT2D eigenvalue weighted by Gasteiger charge is 2.46. The van der Waals surface area contributed by atoms with Crippen LogP contribution in [0.15, 0.2) is 41.3 Å². The van der Waals surface area contributed by atoms with Gasteiger partial charge in [0.25, 0.3) is 5.56 Å². The minimum absolute atomic E-state index is 0.00706. The second-order valence-corrected chi connectivity index (χ2v) is 11.1. The summed E-state index contributed by atoms with van der Waals surface area (Å²) in [6, 6.07) is 8.10. The zero-order chi connectivity index (χ0) is 28.4. The molecule has 0 saturated heterocycles. The molecule has 13 heteroatoms. The van der Waals surface area contributed by atoms with Gasteiger partial charge < -0.3 is 10.6 Å². The molecule has 3 aromatic heterocycles. The van der Waals surface area contributed by atoms with Crippen molar-refractivity contribution >= 4 is 22.7 Å². The van der Waals surface area contributed by atoms with Gasteiger partial charge in [0.15, 0.2) is 17.3 Å². The molecule has 8 nitrogen and oxygen atoms in total. The van der Waals surface area contributed by atoms with Gasteiger partial charge in [-0.3, -0.25) is 9.18 Å². The van der Waals surface area contributed by atoms with Crippen molar-refractivity contribution in [2.24, 2.45) is 0 Å². The fourth-order valence-electron chi connectivity index (χ4n) is 5.31. The molecule has 0 radical (unpaired) electrons. The first kappa shape index (κ1) is 26.4. The number of aromatic nitrogens is 5. The Kier molecular flexibility index (Phi) is 5.98. The zero-order valence-corrected chi connectivity index (χ0v) is 21.7. The smallest absolute Gasteiger partial charge is 0.324 e. The van der Waals surface area contributed by atoms with E-state index >= 15 is 4.39 Å². The highest BCUT2D eigenvalue weighted by molar-refractivity contribution is 5.77. The summed E-state index contributed by atoms with van der Waals surface area (Å²) in [5, 5.41) is 6.16. The predicted molar refractivity (Wildman–Crippen MR) is 138 cm³/mol. The predicted octanol–water partition coefficient (Wildman–Crippen LogP) is 4.80. The fourth-order valence-corrected chi connectivity index (χ4v) is 5.31. The second-order valence-electron chi connectivity index (χ2n) is 11.1. The van der Waals surface area contributed by atoms with Gasteiger partial charge in [-0.05, 0) is 48.2 Å². The van der Waals surface area contributed by atoms with E-state index in [0.29, 0.717) is 34.4 Å². The number of anilines is 2. The molecule has 210 valence electrons. The monoisotopic (exact) mass is 559 g/mol. The SMILES string of the molecule is CC1(C)CNCc2cc(Nc3ncc4c(=O)n(CC(F)(F)F)n(-c5nc(C6(CF)CC6)ccc5F)c4n3)ccc21. The maximum atomic E-state index is 15.1. The van der Waals surface area contributed by atoms with E-state index in [9.17, 15) is 22.4 Å². The Morgan fingerprint density at radius 1 is 1.12 bits per heavy atom. The molecule has 1 aliphatic heterocycles. The van der Waals surface area contributed by atoms with Crippen LogP contribution >= 0.6 is 0 Å². The molecular weight excluding hydrogens is 533 g/mol. The first-order valence-corrected chi connectivity index (χ1v) is 12.8.